The van der Waals surface area contributed by atoms with E-state index in [-0.39, 0.29) is 5.41 Å². The molecule has 19 heavy (non-hydrogen) atoms. The largest absolute Gasteiger partial charge is 0.361 e. The summed E-state index contributed by atoms with van der Waals surface area (Å²) in [6.45, 7) is 2.02. The van der Waals surface area contributed by atoms with E-state index in [9.17, 15) is 0 Å². The molecule has 3 heteroatoms. The zero-order valence-electron chi connectivity index (χ0n) is 10.7. The van der Waals surface area contributed by atoms with Crippen LogP contribution in [-0.4, -0.2) is 5.16 Å². The van der Waals surface area contributed by atoms with Gasteiger partial charge in [0.15, 0.2) is 0 Å². The van der Waals surface area contributed by atoms with Gasteiger partial charge in [0.25, 0.3) is 0 Å². The molecule has 0 saturated heterocycles. The van der Waals surface area contributed by atoms with Crippen molar-refractivity contribution in [1.82, 2.24) is 5.16 Å². The predicted octanol–water partition coefficient (Wildman–Crippen LogP) is 2.50. The Bertz CT molecular complexity index is 790. The van der Waals surface area contributed by atoms with Crippen LogP contribution in [0.15, 0.2) is 27.2 Å². The molecule has 0 amide bonds. The van der Waals surface area contributed by atoms with Crippen LogP contribution in [0.2, 0.25) is 0 Å². The zero-order valence-corrected chi connectivity index (χ0v) is 12.3. The average molecular weight is 316 g/mol. The highest BCUT2D eigenvalue weighted by atomic mass is 79.9. The van der Waals surface area contributed by atoms with E-state index < -0.39 is 0 Å². The van der Waals surface area contributed by atoms with Gasteiger partial charge in [-0.05, 0) is 48.8 Å². The van der Waals surface area contributed by atoms with Crippen LogP contribution in [0, 0.1) is 12.3 Å². The number of halogens is 1. The smallest absolute Gasteiger partial charge is 0.137 e. The SMILES string of the molecule is Cc1onc2c1CC1(C=c3ccc(Br)cc3=C1)CC2. The molecule has 2 aliphatic carbocycles. The molecular weight excluding hydrogens is 302 g/mol. The van der Waals surface area contributed by atoms with E-state index >= 15 is 0 Å². The fourth-order valence-electron chi connectivity index (χ4n) is 3.34. The molecule has 96 valence electrons. The minimum Gasteiger partial charge on any atom is -0.361 e. The van der Waals surface area contributed by atoms with Gasteiger partial charge < -0.3 is 4.52 Å². The van der Waals surface area contributed by atoms with Gasteiger partial charge in [0.1, 0.15) is 5.76 Å². The van der Waals surface area contributed by atoms with Gasteiger partial charge >= 0.3 is 0 Å². The lowest BCUT2D eigenvalue weighted by atomic mass is 9.74. The van der Waals surface area contributed by atoms with Crippen LogP contribution in [0.5, 0.6) is 0 Å². The van der Waals surface area contributed by atoms with Gasteiger partial charge in [0, 0.05) is 15.5 Å². The van der Waals surface area contributed by atoms with Gasteiger partial charge in [0.2, 0.25) is 0 Å². The van der Waals surface area contributed by atoms with E-state index in [4.69, 9.17) is 4.52 Å². The number of fused-ring (bicyclic) bond motifs is 2. The third kappa shape index (κ3) is 1.71. The molecule has 2 aliphatic rings. The topological polar surface area (TPSA) is 26.0 Å². The number of rotatable bonds is 0. The van der Waals surface area contributed by atoms with E-state index in [1.54, 1.807) is 0 Å². The second-order valence-corrected chi connectivity index (χ2v) is 6.55. The summed E-state index contributed by atoms with van der Waals surface area (Å²) in [6.07, 6.45) is 7.99. The molecular formula is C16H14BrNO. The van der Waals surface area contributed by atoms with Crippen LogP contribution in [0.1, 0.15) is 23.4 Å². The van der Waals surface area contributed by atoms with Crippen molar-refractivity contribution in [3.05, 3.63) is 50.1 Å². The summed E-state index contributed by atoms with van der Waals surface area (Å²) >= 11 is 3.55. The molecule has 2 aromatic rings. The van der Waals surface area contributed by atoms with Gasteiger partial charge in [-0.25, -0.2) is 0 Å². The van der Waals surface area contributed by atoms with E-state index in [1.807, 2.05) is 6.92 Å². The first-order valence-corrected chi connectivity index (χ1v) is 7.40. The third-order valence-corrected chi connectivity index (χ3v) is 4.83. The standard InChI is InChI=1S/C16H14BrNO/c1-10-14-9-16(5-4-15(14)18-19-10)7-11-2-3-13(17)6-12(11)8-16/h2-3,6-8H,4-5,9H2,1H3. The fourth-order valence-corrected chi connectivity index (χ4v) is 3.72. The number of nitrogens with zero attached hydrogens (tertiary/aromatic N) is 1. The molecule has 0 N–H and O–H groups in total. The van der Waals surface area contributed by atoms with Crippen LogP contribution in [0.25, 0.3) is 12.2 Å². The Labute approximate surface area is 119 Å². The number of benzene rings is 1. The lowest BCUT2D eigenvalue weighted by Crippen LogP contribution is -2.23. The van der Waals surface area contributed by atoms with Crippen molar-refractivity contribution in [3.63, 3.8) is 0 Å². The van der Waals surface area contributed by atoms with E-state index in [0.29, 0.717) is 0 Å². The molecule has 1 aromatic carbocycles. The lowest BCUT2D eigenvalue weighted by Gasteiger charge is -2.29. The highest BCUT2D eigenvalue weighted by molar-refractivity contribution is 9.10. The molecule has 1 atom stereocenters. The molecule has 0 radical (unpaired) electrons. The van der Waals surface area contributed by atoms with E-state index in [1.165, 1.54) is 16.0 Å². The Hall–Kier alpha value is -1.35. The van der Waals surface area contributed by atoms with Crippen LogP contribution in [0.4, 0.5) is 0 Å². The normalized spacial score (nSPS) is 23.7. The first-order valence-electron chi connectivity index (χ1n) is 6.61. The van der Waals surface area contributed by atoms with Crippen LogP contribution in [0.3, 0.4) is 0 Å². The lowest BCUT2D eigenvalue weighted by molar-refractivity contribution is 0.389. The summed E-state index contributed by atoms with van der Waals surface area (Å²) < 4.78 is 6.48. The first kappa shape index (κ1) is 11.5. The molecule has 0 bridgehead atoms. The molecule has 1 unspecified atom stereocenters. The number of hydrogen-bond acceptors (Lipinski definition) is 2. The zero-order chi connectivity index (χ0) is 13.0. The molecule has 0 fully saturated rings. The molecule has 2 nitrogen and oxygen atoms in total. The Kier molecular flexibility index (Phi) is 2.31. The number of aromatic nitrogens is 1. The van der Waals surface area contributed by atoms with E-state index in [2.05, 4.69) is 51.4 Å². The quantitative estimate of drug-likeness (QED) is 0.746. The Morgan fingerprint density at radius 2 is 2.11 bits per heavy atom. The average Bonchev–Trinajstić information content (AvgIpc) is 2.91. The Morgan fingerprint density at radius 3 is 3.00 bits per heavy atom. The first-order chi connectivity index (χ1) is 9.15. The van der Waals surface area contributed by atoms with Gasteiger partial charge in [0.05, 0.1) is 5.69 Å². The highest BCUT2D eigenvalue weighted by Gasteiger charge is 2.35. The van der Waals surface area contributed by atoms with Crippen molar-refractivity contribution in [3.8, 4) is 0 Å². The van der Waals surface area contributed by atoms with Crippen molar-refractivity contribution in [2.75, 3.05) is 0 Å². The molecule has 1 aromatic heterocycles. The molecule has 0 saturated carbocycles. The van der Waals surface area contributed by atoms with Gasteiger partial charge in [-0.3, -0.25) is 0 Å². The third-order valence-electron chi connectivity index (χ3n) is 4.33. The number of hydrogen-bond donors (Lipinski definition) is 0. The monoisotopic (exact) mass is 315 g/mol. The van der Waals surface area contributed by atoms with Crippen molar-refractivity contribution in [1.29, 1.82) is 0 Å². The second kappa shape index (κ2) is 3.83. The van der Waals surface area contributed by atoms with Gasteiger partial charge in [-0.2, -0.15) is 0 Å². The van der Waals surface area contributed by atoms with Gasteiger partial charge in [-0.1, -0.05) is 39.3 Å². The summed E-state index contributed by atoms with van der Waals surface area (Å²) in [7, 11) is 0. The van der Waals surface area contributed by atoms with Crippen LogP contribution in [-0.2, 0) is 12.8 Å². The summed E-state index contributed by atoms with van der Waals surface area (Å²) in [5, 5.41) is 6.85. The van der Waals surface area contributed by atoms with Crippen LogP contribution >= 0.6 is 15.9 Å². The van der Waals surface area contributed by atoms with E-state index in [0.717, 1.165) is 35.2 Å². The second-order valence-electron chi connectivity index (χ2n) is 5.64. The summed E-state index contributed by atoms with van der Waals surface area (Å²) in [5.74, 6) is 0.980. The van der Waals surface area contributed by atoms with Crippen molar-refractivity contribution >= 4 is 28.1 Å². The summed E-state index contributed by atoms with van der Waals surface area (Å²) in [5.41, 5.74) is 2.62. The molecule has 1 heterocycles. The Balaban J connectivity index is 1.85. The van der Waals surface area contributed by atoms with Crippen molar-refractivity contribution in [2.45, 2.75) is 26.2 Å². The molecule has 1 spiro atoms. The van der Waals surface area contributed by atoms with Gasteiger partial charge in [-0.15, -0.1) is 0 Å². The minimum atomic E-state index is 0.159. The van der Waals surface area contributed by atoms with Crippen molar-refractivity contribution < 1.29 is 4.52 Å². The number of aryl methyl sites for hydroxylation is 2. The van der Waals surface area contributed by atoms with Crippen LogP contribution < -0.4 is 10.4 Å². The highest BCUT2D eigenvalue weighted by Crippen LogP contribution is 2.40. The molecule has 4 rings (SSSR count). The summed E-state index contributed by atoms with van der Waals surface area (Å²) in [4.78, 5) is 0. The summed E-state index contributed by atoms with van der Waals surface area (Å²) in [6, 6.07) is 6.51. The molecule has 0 aliphatic heterocycles. The van der Waals surface area contributed by atoms with Crippen molar-refractivity contribution in [2.24, 2.45) is 5.41 Å². The maximum Gasteiger partial charge on any atom is 0.137 e. The minimum absolute atomic E-state index is 0.159. The fraction of sp³-hybridized carbons (Fsp3) is 0.312. The maximum absolute atomic E-state index is 5.33. The maximum atomic E-state index is 5.33. The Morgan fingerprint density at radius 1 is 1.26 bits per heavy atom. The predicted molar refractivity (Wildman–Crippen MR) is 78.0 cm³/mol.